The fourth-order valence-electron chi connectivity index (χ4n) is 1.74. The van der Waals surface area contributed by atoms with Gasteiger partial charge in [-0.3, -0.25) is 0 Å². The molecule has 1 saturated heterocycles. The van der Waals surface area contributed by atoms with Crippen molar-refractivity contribution < 1.29 is 18.3 Å². The summed E-state index contributed by atoms with van der Waals surface area (Å²) < 4.78 is 27.0. The molecule has 1 aliphatic rings. The van der Waals surface area contributed by atoms with E-state index < -0.39 is 6.95 Å². The van der Waals surface area contributed by atoms with Gasteiger partial charge in [0.05, 0.1) is 0 Å². The molecule has 0 N–H and O–H groups in total. The Morgan fingerprint density at radius 3 is 1.55 bits per heavy atom. The highest BCUT2D eigenvalue weighted by molar-refractivity contribution is 7.82. The SMILES string of the molecule is C1CCOC1.O=P(Cl)(Oc1ccccc1)Oc1ccccc1. The molecule has 2 aromatic rings. The molecular weight excluding hydrogens is 323 g/mol. The summed E-state index contributed by atoms with van der Waals surface area (Å²) in [6.45, 7) is -1.66. The second kappa shape index (κ2) is 8.84. The Kier molecular flexibility index (Phi) is 6.78. The lowest BCUT2D eigenvalue weighted by Crippen LogP contribution is -1.94. The van der Waals surface area contributed by atoms with E-state index in [2.05, 4.69) is 0 Å². The van der Waals surface area contributed by atoms with Crippen molar-refractivity contribution in [1.82, 2.24) is 0 Å². The monoisotopic (exact) mass is 340 g/mol. The molecule has 4 nitrogen and oxygen atoms in total. The van der Waals surface area contributed by atoms with Gasteiger partial charge in [-0.05, 0) is 37.1 Å². The number of ether oxygens (including phenoxy) is 1. The summed E-state index contributed by atoms with van der Waals surface area (Å²) in [4.78, 5) is 0. The standard InChI is InChI=1S/C12H10ClO3P.C4H8O/c13-17(14,15-11-7-3-1-4-8-11)16-12-9-5-2-6-10-12;1-2-4-5-3-1/h1-10H;1-4H2. The molecule has 1 heterocycles. The van der Waals surface area contributed by atoms with Crippen molar-refractivity contribution in [2.45, 2.75) is 12.8 Å². The average Bonchev–Trinajstić information content (AvgIpc) is 3.08. The number of benzene rings is 2. The van der Waals surface area contributed by atoms with E-state index in [9.17, 15) is 4.57 Å². The molecule has 0 saturated carbocycles. The summed E-state index contributed by atoms with van der Waals surface area (Å²) in [5.74, 6) is 0.809. The van der Waals surface area contributed by atoms with Crippen molar-refractivity contribution in [2.75, 3.05) is 13.2 Å². The van der Waals surface area contributed by atoms with Crippen LogP contribution in [0.3, 0.4) is 0 Å². The molecule has 1 aliphatic heterocycles. The molecule has 6 heteroatoms. The predicted octanol–water partition coefficient (Wildman–Crippen LogP) is 5.29. The van der Waals surface area contributed by atoms with E-state index in [1.54, 1.807) is 48.5 Å². The molecule has 3 rings (SSSR count). The second-order valence-electron chi connectivity index (χ2n) is 4.56. The van der Waals surface area contributed by atoms with E-state index in [1.807, 2.05) is 12.1 Å². The number of para-hydroxylation sites is 2. The Balaban J connectivity index is 0.000000299. The van der Waals surface area contributed by atoms with Gasteiger partial charge in [-0.25, -0.2) is 4.57 Å². The van der Waals surface area contributed by atoms with Gasteiger partial charge in [0.25, 0.3) is 0 Å². The van der Waals surface area contributed by atoms with E-state index in [0.717, 1.165) is 13.2 Å². The minimum atomic E-state index is -3.66. The zero-order valence-corrected chi connectivity index (χ0v) is 13.7. The highest BCUT2D eigenvalue weighted by atomic mass is 35.7. The van der Waals surface area contributed by atoms with Crippen LogP contribution in [-0.2, 0) is 9.30 Å². The summed E-state index contributed by atoms with van der Waals surface area (Å²) in [6, 6.07) is 17.3. The second-order valence-corrected chi connectivity index (χ2v) is 7.03. The summed E-state index contributed by atoms with van der Waals surface area (Å²) >= 11 is 5.72. The van der Waals surface area contributed by atoms with E-state index in [-0.39, 0.29) is 0 Å². The Morgan fingerprint density at radius 1 is 0.818 bits per heavy atom. The Hall–Kier alpha value is -1.48. The molecule has 0 bridgehead atoms. The van der Waals surface area contributed by atoms with Gasteiger partial charge in [0.1, 0.15) is 11.5 Å². The van der Waals surface area contributed by atoms with Crippen molar-refractivity contribution in [2.24, 2.45) is 0 Å². The van der Waals surface area contributed by atoms with E-state index in [4.69, 9.17) is 25.0 Å². The van der Waals surface area contributed by atoms with Crippen LogP contribution in [0.1, 0.15) is 12.8 Å². The molecule has 118 valence electrons. The molecule has 0 unspecified atom stereocenters. The lowest BCUT2D eigenvalue weighted by Gasteiger charge is -2.13. The molecule has 0 aliphatic carbocycles. The van der Waals surface area contributed by atoms with E-state index in [0.29, 0.717) is 11.5 Å². The molecule has 22 heavy (non-hydrogen) atoms. The summed E-state index contributed by atoms with van der Waals surface area (Å²) in [7, 11) is 0. The minimum Gasteiger partial charge on any atom is -0.405 e. The maximum Gasteiger partial charge on any atom is 0.530 e. The summed E-state index contributed by atoms with van der Waals surface area (Å²) in [5.41, 5.74) is 0. The highest BCUT2D eigenvalue weighted by Crippen LogP contribution is 2.52. The van der Waals surface area contributed by atoms with Crippen molar-refractivity contribution in [3.63, 3.8) is 0 Å². The molecule has 1 fully saturated rings. The fraction of sp³-hybridized carbons (Fsp3) is 0.250. The van der Waals surface area contributed by atoms with Crippen molar-refractivity contribution in [3.8, 4) is 11.5 Å². The molecule has 0 amide bonds. The van der Waals surface area contributed by atoms with Gasteiger partial charge in [-0.15, -0.1) is 0 Å². The lowest BCUT2D eigenvalue weighted by atomic mass is 10.3. The minimum absolute atomic E-state index is 0.404. The summed E-state index contributed by atoms with van der Waals surface area (Å²) in [5, 5.41) is 0. The lowest BCUT2D eigenvalue weighted by molar-refractivity contribution is 0.198. The van der Waals surface area contributed by atoms with Gasteiger partial charge in [0.2, 0.25) is 0 Å². The molecule has 0 aromatic heterocycles. The first-order chi connectivity index (χ1) is 10.7. The van der Waals surface area contributed by atoms with Crippen LogP contribution in [0.15, 0.2) is 60.7 Å². The van der Waals surface area contributed by atoms with Gasteiger partial charge in [0, 0.05) is 24.5 Å². The van der Waals surface area contributed by atoms with Crippen LogP contribution in [0.2, 0.25) is 0 Å². The predicted molar refractivity (Wildman–Crippen MR) is 87.7 cm³/mol. The molecule has 2 aromatic carbocycles. The van der Waals surface area contributed by atoms with Gasteiger partial charge >= 0.3 is 6.95 Å². The maximum absolute atomic E-state index is 11.9. The van der Waals surface area contributed by atoms with Crippen LogP contribution in [0, 0.1) is 0 Å². The first-order valence-electron chi connectivity index (χ1n) is 7.02. The average molecular weight is 341 g/mol. The Bertz CT molecular complexity index is 534. The quantitative estimate of drug-likeness (QED) is 0.709. The fourth-order valence-corrected chi connectivity index (χ4v) is 3.01. The summed E-state index contributed by atoms with van der Waals surface area (Å²) in [6.07, 6.45) is 2.56. The molecule has 0 atom stereocenters. The van der Waals surface area contributed by atoms with E-state index in [1.165, 1.54) is 12.8 Å². The van der Waals surface area contributed by atoms with E-state index >= 15 is 0 Å². The third-order valence-corrected chi connectivity index (χ3v) is 4.01. The zero-order valence-electron chi connectivity index (χ0n) is 12.1. The number of rotatable bonds is 4. The normalized spacial score (nSPS) is 13.9. The van der Waals surface area contributed by atoms with Crippen LogP contribution in [0.5, 0.6) is 11.5 Å². The highest BCUT2D eigenvalue weighted by Gasteiger charge is 2.24. The van der Waals surface area contributed by atoms with Crippen molar-refractivity contribution in [3.05, 3.63) is 60.7 Å². The topological polar surface area (TPSA) is 44.8 Å². The van der Waals surface area contributed by atoms with Crippen molar-refractivity contribution in [1.29, 1.82) is 0 Å². The largest absolute Gasteiger partial charge is 0.530 e. The van der Waals surface area contributed by atoms with Crippen molar-refractivity contribution >= 4 is 18.2 Å². The first-order valence-corrected chi connectivity index (χ1v) is 9.47. The van der Waals surface area contributed by atoms with Crippen LogP contribution in [-0.4, -0.2) is 13.2 Å². The number of halogens is 1. The zero-order chi connectivity index (χ0) is 15.7. The smallest absolute Gasteiger partial charge is 0.405 e. The Morgan fingerprint density at radius 2 is 1.23 bits per heavy atom. The van der Waals surface area contributed by atoms with Crippen LogP contribution < -0.4 is 9.05 Å². The van der Waals surface area contributed by atoms with Crippen LogP contribution in [0.4, 0.5) is 0 Å². The van der Waals surface area contributed by atoms with Crippen LogP contribution in [0.25, 0.3) is 0 Å². The van der Waals surface area contributed by atoms with Gasteiger partial charge in [-0.2, -0.15) is 0 Å². The van der Waals surface area contributed by atoms with Crippen LogP contribution >= 0.6 is 18.2 Å². The first kappa shape index (κ1) is 16.9. The molecule has 0 radical (unpaired) electrons. The van der Waals surface area contributed by atoms with Gasteiger partial charge in [0.15, 0.2) is 0 Å². The third-order valence-electron chi connectivity index (χ3n) is 2.74. The Labute approximate surface area is 135 Å². The molecular formula is C16H18ClO4P. The van der Waals surface area contributed by atoms with Gasteiger partial charge < -0.3 is 13.8 Å². The third kappa shape index (κ3) is 6.52. The number of hydrogen-bond donors (Lipinski definition) is 0. The maximum atomic E-state index is 11.9. The van der Waals surface area contributed by atoms with Gasteiger partial charge in [-0.1, -0.05) is 36.4 Å². The number of hydrogen-bond acceptors (Lipinski definition) is 4. The molecule has 0 spiro atoms.